The van der Waals surface area contributed by atoms with E-state index < -0.39 is 0 Å². The summed E-state index contributed by atoms with van der Waals surface area (Å²) in [5, 5.41) is 3.33. The number of aryl methyl sites for hydroxylation is 1. The minimum absolute atomic E-state index is 0. The molecule has 1 N–H and O–H groups in total. The lowest BCUT2D eigenvalue weighted by Crippen LogP contribution is -2.10. The van der Waals surface area contributed by atoms with E-state index in [9.17, 15) is 4.39 Å². The van der Waals surface area contributed by atoms with Gasteiger partial charge in [0.05, 0.1) is 35.5 Å². The quantitative estimate of drug-likeness (QED) is 0.410. The lowest BCUT2D eigenvalue weighted by molar-refractivity contribution is 0.624. The van der Waals surface area contributed by atoms with E-state index in [1.165, 1.54) is 12.1 Å². The monoisotopic (exact) mass is 465 g/mol. The van der Waals surface area contributed by atoms with Gasteiger partial charge < -0.3 is 5.32 Å². The molecule has 0 aliphatic carbocycles. The molecule has 0 spiro atoms. The second-order valence-electron chi connectivity index (χ2n) is 7.69. The summed E-state index contributed by atoms with van der Waals surface area (Å²) in [6.45, 7) is 4.49. The number of rotatable bonds is 8. The molecular formula is C24H25ClFN7. The van der Waals surface area contributed by atoms with Crippen LogP contribution in [0.3, 0.4) is 0 Å². The number of nitrogens with one attached hydrogen (secondary N) is 1. The molecule has 9 heteroatoms. The largest absolute Gasteiger partial charge is 0.364 e. The first-order valence-electron chi connectivity index (χ1n) is 10.4. The van der Waals surface area contributed by atoms with Crippen LogP contribution in [0.5, 0.6) is 0 Å². The fourth-order valence-electron chi connectivity index (χ4n) is 3.31. The highest BCUT2D eigenvalue weighted by atomic mass is 35.5. The molecule has 3 heterocycles. The van der Waals surface area contributed by atoms with Crippen LogP contribution in [-0.2, 0) is 19.4 Å². The Balaban J connectivity index is 0.00000306. The Morgan fingerprint density at radius 3 is 2.42 bits per heavy atom. The lowest BCUT2D eigenvalue weighted by Gasteiger charge is -2.14. The van der Waals surface area contributed by atoms with Crippen LogP contribution in [0, 0.1) is 12.7 Å². The highest BCUT2D eigenvalue weighted by Crippen LogP contribution is 2.21. The van der Waals surface area contributed by atoms with E-state index in [0.29, 0.717) is 31.0 Å². The van der Waals surface area contributed by atoms with Gasteiger partial charge in [0, 0.05) is 43.7 Å². The van der Waals surface area contributed by atoms with E-state index in [1.807, 2.05) is 13.0 Å². The molecule has 0 amide bonds. The normalized spacial score (nSPS) is 11.5. The summed E-state index contributed by atoms with van der Waals surface area (Å²) in [5.41, 5.74) is 4.42. The van der Waals surface area contributed by atoms with E-state index in [-0.39, 0.29) is 24.1 Å². The van der Waals surface area contributed by atoms with Gasteiger partial charge in [-0.3, -0.25) is 19.9 Å². The van der Waals surface area contributed by atoms with Crippen LogP contribution >= 0.6 is 12.4 Å². The maximum absolute atomic E-state index is 13.3. The third-order valence-electron chi connectivity index (χ3n) is 5.02. The van der Waals surface area contributed by atoms with Gasteiger partial charge in [-0.2, -0.15) is 0 Å². The van der Waals surface area contributed by atoms with Gasteiger partial charge in [0.1, 0.15) is 17.5 Å². The third-order valence-corrected chi connectivity index (χ3v) is 5.02. The summed E-state index contributed by atoms with van der Waals surface area (Å²) in [7, 11) is 0. The third kappa shape index (κ3) is 6.98. The molecule has 0 bridgehead atoms. The minimum atomic E-state index is -0.242. The highest BCUT2D eigenvalue weighted by Gasteiger charge is 2.12. The van der Waals surface area contributed by atoms with Crippen molar-refractivity contribution >= 4 is 18.2 Å². The smallest absolute Gasteiger partial charge is 0.131 e. The van der Waals surface area contributed by atoms with Crippen molar-refractivity contribution in [3.05, 3.63) is 101 Å². The standard InChI is InChI=1S/C24H24FN7.ClH/c1-16(18-3-5-19(25)6-4-18)9-24-31-20(10-21-13-26-7-8-27-21)11-23(32-24)30-15-22-14-28-17(2)12-29-22;/h3-8,11-14,16H,9-10,15H2,1-2H3,(H,30,31,32);1H/t16-;/m1./s1. The van der Waals surface area contributed by atoms with E-state index in [0.717, 1.165) is 28.3 Å². The SMILES string of the molecule is Cc1cnc(CNc2cc(Cc3cnccn3)nc(C[C@@H](C)c3ccc(F)cc3)n2)cn1.Cl. The molecule has 1 atom stereocenters. The average Bonchev–Trinajstić information content (AvgIpc) is 2.80. The number of anilines is 1. The van der Waals surface area contributed by atoms with Crippen molar-refractivity contribution < 1.29 is 4.39 Å². The molecule has 0 aliphatic rings. The summed E-state index contributed by atoms with van der Waals surface area (Å²) in [5.74, 6) is 1.32. The van der Waals surface area contributed by atoms with Crippen molar-refractivity contribution in [1.29, 1.82) is 0 Å². The molecule has 0 saturated carbocycles. The number of aromatic nitrogens is 6. The molecule has 0 aliphatic heterocycles. The molecule has 7 nitrogen and oxygen atoms in total. The van der Waals surface area contributed by atoms with Crippen LogP contribution in [0.25, 0.3) is 0 Å². The summed E-state index contributed by atoms with van der Waals surface area (Å²) in [6.07, 6.45) is 9.72. The minimum Gasteiger partial charge on any atom is -0.364 e. The molecule has 4 rings (SSSR count). The first-order valence-corrected chi connectivity index (χ1v) is 10.4. The van der Waals surface area contributed by atoms with E-state index in [4.69, 9.17) is 9.97 Å². The molecule has 0 fully saturated rings. The molecule has 170 valence electrons. The van der Waals surface area contributed by atoms with Crippen molar-refractivity contribution in [2.45, 2.75) is 39.2 Å². The van der Waals surface area contributed by atoms with Crippen molar-refractivity contribution in [1.82, 2.24) is 29.9 Å². The lowest BCUT2D eigenvalue weighted by atomic mass is 9.97. The van der Waals surface area contributed by atoms with Crippen molar-refractivity contribution in [2.24, 2.45) is 0 Å². The molecule has 4 aromatic rings. The van der Waals surface area contributed by atoms with Crippen LogP contribution in [0.15, 0.2) is 61.3 Å². The zero-order chi connectivity index (χ0) is 22.3. The number of benzene rings is 1. The van der Waals surface area contributed by atoms with Crippen LogP contribution in [0.2, 0.25) is 0 Å². The van der Waals surface area contributed by atoms with Crippen molar-refractivity contribution in [3.63, 3.8) is 0 Å². The van der Waals surface area contributed by atoms with Crippen molar-refractivity contribution in [2.75, 3.05) is 5.32 Å². The van der Waals surface area contributed by atoms with Gasteiger partial charge >= 0.3 is 0 Å². The summed E-state index contributed by atoms with van der Waals surface area (Å²) in [6, 6.07) is 8.49. The number of nitrogens with zero attached hydrogens (tertiary/aromatic N) is 6. The van der Waals surface area contributed by atoms with E-state index in [2.05, 4.69) is 32.2 Å². The Labute approximate surface area is 198 Å². The van der Waals surface area contributed by atoms with Crippen LogP contribution in [-0.4, -0.2) is 29.9 Å². The zero-order valence-corrected chi connectivity index (χ0v) is 19.3. The predicted molar refractivity (Wildman–Crippen MR) is 127 cm³/mol. The molecule has 33 heavy (non-hydrogen) atoms. The van der Waals surface area contributed by atoms with Crippen LogP contribution < -0.4 is 5.32 Å². The fraction of sp³-hybridized carbons (Fsp3) is 0.250. The second kappa shape index (κ2) is 11.4. The van der Waals surface area contributed by atoms with E-state index in [1.54, 1.807) is 43.1 Å². The van der Waals surface area contributed by atoms with Gasteiger partial charge in [0.2, 0.25) is 0 Å². The molecule has 3 aromatic heterocycles. The van der Waals surface area contributed by atoms with Gasteiger partial charge in [0.15, 0.2) is 0 Å². The highest BCUT2D eigenvalue weighted by molar-refractivity contribution is 5.85. The molecular weight excluding hydrogens is 441 g/mol. The number of hydrogen-bond donors (Lipinski definition) is 1. The van der Waals surface area contributed by atoms with Gasteiger partial charge in [-0.15, -0.1) is 12.4 Å². The predicted octanol–water partition coefficient (Wildman–Crippen LogP) is 4.48. The summed E-state index contributed by atoms with van der Waals surface area (Å²) < 4.78 is 13.3. The Kier molecular flexibility index (Phi) is 8.32. The summed E-state index contributed by atoms with van der Waals surface area (Å²) in [4.78, 5) is 26.6. The maximum atomic E-state index is 13.3. The van der Waals surface area contributed by atoms with Crippen LogP contribution in [0.4, 0.5) is 10.2 Å². The van der Waals surface area contributed by atoms with Crippen LogP contribution in [0.1, 0.15) is 47.0 Å². The Bertz CT molecular complexity index is 1160. The Hall–Kier alpha value is -3.52. The molecule has 0 saturated heterocycles. The average molecular weight is 466 g/mol. The molecule has 0 unspecified atom stereocenters. The Morgan fingerprint density at radius 2 is 1.73 bits per heavy atom. The van der Waals surface area contributed by atoms with E-state index >= 15 is 0 Å². The topological polar surface area (TPSA) is 89.4 Å². The number of halogens is 2. The fourth-order valence-corrected chi connectivity index (χ4v) is 3.31. The molecule has 0 radical (unpaired) electrons. The van der Waals surface area contributed by atoms with Gasteiger partial charge in [-0.1, -0.05) is 19.1 Å². The van der Waals surface area contributed by atoms with Gasteiger partial charge in [-0.05, 0) is 30.5 Å². The van der Waals surface area contributed by atoms with Gasteiger partial charge in [0.25, 0.3) is 0 Å². The Morgan fingerprint density at radius 1 is 0.909 bits per heavy atom. The van der Waals surface area contributed by atoms with Crippen molar-refractivity contribution in [3.8, 4) is 0 Å². The first kappa shape index (κ1) is 24.1. The first-order chi connectivity index (χ1) is 15.5. The number of hydrogen-bond acceptors (Lipinski definition) is 7. The zero-order valence-electron chi connectivity index (χ0n) is 18.4. The second-order valence-corrected chi connectivity index (χ2v) is 7.69. The molecule has 1 aromatic carbocycles. The summed E-state index contributed by atoms with van der Waals surface area (Å²) >= 11 is 0. The maximum Gasteiger partial charge on any atom is 0.131 e. The van der Waals surface area contributed by atoms with Gasteiger partial charge in [-0.25, -0.2) is 14.4 Å².